The second-order valence-corrected chi connectivity index (χ2v) is 5.18. The number of carbonyl (C=O) groups is 2. The molecule has 1 atom stereocenters. The van der Waals surface area contributed by atoms with E-state index in [0.29, 0.717) is 17.6 Å². The Kier molecular flexibility index (Phi) is 4.72. The van der Waals surface area contributed by atoms with E-state index in [1.165, 1.54) is 24.1 Å². The van der Waals surface area contributed by atoms with Gasteiger partial charge in [0, 0.05) is 18.1 Å². The average molecular weight is 345 g/mol. The normalized spacial score (nSPS) is 18.8. The topological polar surface area (TPSA) is 58.6 Å². The van der Waals surface area contributed by atoms with Crippen LogP contribution < -0.4 is 5.32 Å². The molecule has 0 aromatic heterocycles. The Hall–Kier alpha value is -1.47. The molecule has 0 saturated carbocycles. The molecule has 1 unspecified atom stereocenters. The summed E-state index contributed by atoms with van der Waals surface area (Å²) in [5.41, 5.74) is 0.195. The van der Waals surface area contributed by atoms with Crippen molar-refractivity contribution in [2.75, 3.05) is 26.8 Å². The van der Waals surface area contributed by atoms with E-state index in [-0.39, 0.29) is 18.1 Å². The molecule has 1 aromatic rings. The fraction of sp³-hybridized carbons (Fsp3) is 0.385. The minimum Gasteiger partial charge on any atom is -0.377 e. The zero-order valence-electron chi connectivity index (χ0n) is 10.9. The van der Waals surface area contributed by atoms with Gasteiger partial charge in [0.25, 0.3) is 5.91 Å². The van der Waals surface area contributed by atoms with Gasteiger partial charge in [0.2, 0.25) is 5.91 Å². The van der Waals surface area contributed by atoms with E-state index in [0.717, 1.165) is 6.07 Å². The summed E-state index contributed by atoms with van der Waals surface area (Å²) < 4.78 is 19.0. The third-order valence-electron chi connectivity index (χ3n) is 3.10. The van der Waals surface area contributed by atoms with Crippen LogP contribution in [0.2, 0.25) is 0 Å². The minimum atomic E-state index is -0.698. The quantitative estimate of drug-likeness (QED) is 0.876. The number of rotatable bonds is 2. The lowest BCUT2D eigenvalue weighted by Crippen LogP contribution is -2.55. The van der Waals surface area contributed by atoms with E-state index < -0.39 is 17.8 Å². The number of hydrogen-bond acceptors (Lipinski definition) is 3. The van der Waals surface area contributed by atoms with Crippen molar-refractivity contribution in [1.82, 2.24) is 10.2 Å². The molecule has 20 heavy (non-hydrogen) atoms. The van der Waals surface area contributed by atoms with E-state index in [2.05, 4.69) is 21.2 Å². The maximum Gasteiger partial charge on any atom is 0.255 e. The first-order chi connectivity index (χ1) is 9.54. The van der Waals surface area contributed by atoms with Gasteiger partial charge < -0.3 is 15.0 Å². The van der Waals surface area contributed by atoms with Crippen LogP contribution in [0.5, 0.6) is 0 Å². The van der Waals surface area contributed by atoms with Gasteiger partial charge in [-0.1, -0.05) is 0 Å². The molecular formula is C13H14BrFN2O3. The molecule has 0 radical (unpaired) electrons. The summed E-state index contributed by atoms with van der Waals surface area (Å²) in [7, 11) is 1.50. The van der Waals surface area contributed by atoms with Gasteiger partial charge in [-0.25, -0.2) is 4.39 Å². The molecule has 0 bridgehead atoms. The van der Waals surface area contributed by atoms with Crippen molar-refractivity contribution in [3.05, 3.63) is 34.1 Å². The average Bonchev–Trinajstić information content (AvgIpc) is 2.48. The summed E-state index contributed by atoms with van der Waals surface area (Å²) in [6.07, 6.45) is 0. The molecule has 1 fully saturated rings. The number of likely N-dealkylation sites (N-methyl/N-ethyl adjacent to an activating group) is 1. The standard InChI is InChI=1S/C13H14BrFN2O3/c1-16-12(18)11-7-20-5-4-17(11)13(19)9-6-8(15)2-3-10(9)14/h2-3,6,11H,4-5,7H2,1H3,(H,16,18). The summed E-state index contributed by atoms with van der Waals surface area (Å²) in [5.74, 6) is -1.19. The number of carbonyl (C=O) groups excluding carboxylic acids is 2. The van der Waals surface area contributed by atoms with Crippen molar-refractivity contribution in [3.8, 4) is 0 Å². The fourth-order valence-electron chi connectivity index (χ4n) is 2.05. The highest BCUT2D eigenvalue weighted by molar-refractivity contribution is 9.10. The lowest BCUT2D eigenvalue weighted by molar-refractivity contribution is -0.130. The van der Waals surface area contributed by atoms with Crippen molar-refractivity contribution in [3.63, 3.8) is 0 Å². The number of halogens is 2. The number of nitrogens with one attached hydrogen (secondary N) is 1. The molecule has 1 heterocycles. The molecular weight excluding hydrogens is 331 g/mol. The molecule has 1 N–H and O–H groups in total. The molecule has 0 spiro atoms. The third kappa shape index (κ3) is 2.99. The lowest BCUT2D eigenvalue weighted by Gasteiger charge is -2.34. The van der Waals surface area contributed by atoms with Gasteiger partial charge in [-0.3, -0.25) is 9.59 Å². The first-order valence-corrected chi connectivity index (χ1v) is 6.89. The predicted molar refractivity (Wildman–Crippen MR) is 73.8 cm³/mol. The molecule has 108 valence electrons. The van der Waals surface area contributed by atoms with Crippen LogP contribution in [0.4, 0.5) is 4.39 Å². The molecule has 1 aliphatic heterocycles. The summed E-state index contributed by atoms with van der Waals surface area (Å²) in [6, 6.07) is 3.19. The van der Waals surface area contributed by atoms with Crippen LogP contribution in [0.15, 0.2) is 22.7 Å². The van der Waals surface area contributed by atoms with E-state index in [4.69, 9.17) is 4.74 Å². The first kappa shape index (κ1) is 14.9. The number of benzene rings is 1. The lowest BCUT2D eigenvalue weighted by atomic mass is 10.1. The van der Waals surface area contributed by atoms with Crippen LogP contribution in [-0.2, 0) is 9.53 Å². The Balaban J connectivity index is 2.30. The monoisotopic (exact) mass is 344 g/mol. The number of hydrogen-bond donors (Lipinski definition) is 1. The van der Waals surface area contributed by atoms with Gasteiger partial charge in [0.1, 0.15) is 11.9 Å². The van der Waals surface area contributed by atoms with Crippen LogP contribution in [0.3, 0.4) is 0 Å². The molecule has 7 heteroatoms. The van der Waals surface area contributed by atoms with Crippen molar-refractivity contribution in [1.29, 1.82) is 0 Å². The minimum absolute atomic E-state index is 0.137. The molecule has 1 aromatic carbocycles. The fourth-order valence-corrected chi connectivity index (χ4v) is 2.46. The van der Waals surface area contributed by atoms with Crippen LogP contribution >= 0.6 is 15.9 Å². The van der Waals surface area contributed by atoms with Gasteiger partial charge in [0.05, 0.1) is 18.8 Å². The molecule has 2 amide bonds. The summed E-state index contributed by atoms with van der Waals surface area (Å²) in [5, 5.41) is 2.50. The Bertz CT molecular complexity index is 538. The van der Waals surface area contributed by atoms with Crippen molar-refractivity contribution in [2.45, 2.75) is 6.04 Å². The van der Waals surface area contributed by atoms with Gasteiger partial charge in [-0.15, -0.1) is 0 Å². The largest absolute Gasteiger partial charge is 0.377 e. The molecule has 2 rings (SSSR count). The highest BCUT2D eigenvalue weighted by Crippen LogP contribution is 2.21. The highest BCUT2D eigenvalue weighted by atomic mass is 79.9. The second kappa shape index (κ2) is 6.32. The number of nitrogens with zero attached hydrogens (tertiary/aromatic N) is 1. The zero-order valence-corrected chi connectivity index (χ0v) is 12.4. The van der Waals surface area contributed by atoms with E-state index >= 15 is 0 Å². The zero-order chi connectivity index (χ0) is 14.7. The maximum absolute atomic E-state index is 13.3. The molecule has 1 aliphatic rings. The van der Waals surface area contributed by atoms with Crippen LogP contribution in [-0.4, -0.2) is 49.6 Å². The Morgan fingerprint density at radius 1 is 1.50 bits per heavy atom. The number of morpholine rings is 1. The Morgan fingerprint density at radius 2 is 2.25 bits per heavy atom. The highest BCUT2D eigenvalue weighted by Gasteiger charge is 2.33. The Morgan fingerprint density at radius 3 is 2.95 bits per heavy atom. The van der Waals surface area contributed by atoms with Crippen molar-refractivity contribution >= 4 is 27.7 Å². The van der Waals surface area contributed by atoms with Crippen molar-refractivity contribution in [2.24, 2.45) is 0 Å². The third-order valence-corrected chi connectivity index (χ3v) is 3.79. The van der Waals surface area contributed by atoms with E-state index in [9.17, 15) is 14.0 Å². The number of ether oxygens (including phenoxy) is 1. The van der Waals surface area contributed by atoms with Gasteiger partial charge in [0.15, 0.2) is 0 Å². The van der Waals surface area contributed by atoms with E-state index in [1.54, 1.807) is 0 Å². The second-order valence-electron chi connectivity index (χ2n) is 4.33. The summed E-state index contributed by atoms with van der Waals surface area (Å²) >= 11 is 3.23. The predicted octanol–water partition coefficient (Wildman–Crippen LogP) is 1.18. The van der Waals surface area contributed by atoms with Crippen LogP contribution in [0.25, 0.3) is 0 Å². The first-order valence-electron chi connectivity index (χ1n) is 6.10. The number of amides is 2. The summed E-state index contributed by atoms with van der Waals surface area (Å²) in [6.45, 7) is 0.782. The van der Waals surface area contributed by atoms with Gasteiger partial charge >= 0.3 is 0 Å². The van der Waals surface area contributed by atoms with Crippen molar-refractivity contribution < 1.29 is 18.7 Å². The molecule has 5 nitrogen and oxygen atoms in total. The van der Waals surface area contributed by atoms with E-state index in [1.807, 2.05) is 0 Å². The van der Waals surface area contributed by atoms with Crippen LogP contribution in [0, 0.1) is 5.82 Å². The van der Waals surface area contributed by atoms with Gasteiger partial charge in [-0.2, -0.15) is 0 Å². The van der Waals surface area contributed by atoms with Gasteiger partial charge in [-0.05, 0) is 34.1 Å². The van der Waals surface area contributed by atoms with Crippen LogP contribution in [0.1, 0.15) is 10.4 Å². The Labute approximate surface area is 124 Å². The molecule has 0 aliphatic carbocycles. The summed E-state index contributed by atoms with van der Waals surface area (Å²) in [4.78, 5) is 25.7. The smallest absolute Gasteiger partial charge is 0.255 e. The maximum atomic E-state index is 13.3. The molecule has 1 saturated heterocycles. The SMILES string of the molecule is CNC(=O)C1COCCN1C(=O)c1cc(F)ccc1Br.